The summed E-state index contributed by atoms with van der Waals surface area (Å²) < 4.78 is 0. The molecule has 2 aliphatic carbocycles. The van der Waals surface area contributed by atoms with E-state index in [2.05, 4.69) is 11.8 Å². The highest BCUT2D eigenvalue weighted by molar-refractivity contribution is 5.58. The summed E-state index contributed by atoms with van der Waals surface area (Å²) >= 11 is 0. The van der Waals surface area contributed by atoms with E-state index in [0.29, 0.717) is 12.5 Å². The molecule has 1 saturated heterocycles. The minimum atomic E-state index is -0.910. The molecule has 30 heavy (non-hydrogen) atoms. The summed E-state index contributed by atoms with van der Waals surface area (Å²) in [7, 11) is 0. The van der Waals surface area contributed by atoms with E-state index in [9.17, 15) is 20.1 Å². The highest BCUT2D eigenvalue weighted by atomic mass is 16.7. The molecule has 0 aromatic rings. The zero-order chi connectivity index (χ0) is 21.7. The first-order valence-corrected chi connectivity index (χ1v) is 11.8. The van der Waals surface area contributed by atoms with Gasteiger partial charge in [-0.25, -0.2) is 0 Å². The molecule has 170 valence electrons. The third-order valence-corrected chi connectivity index (χ3v) is 7.45. The highest BCUT2D eigenvalue weighted by Crippen LogP contribution is 2.36. The molecule has 1 aliphatic heterocycles. The van der Waals surface area contributed by atoms with E-state index in [1.54, 1.807) is 12.0 Å². The predicted octanol–water partition coefficient (Wildman–Crippen LogP) is 2.30. The predicted molar refractivity (Wildman–Crippen MR) is 114 cm³/mol. The summed E-state index contributed by atoms with van der Waals surface area (Å²) in [5, 5.41) is 32.2. The maximum Gasteiger partial charge on any atom is 0.139 e. The van der Waals surface area contributed by atoms with Gasteiger partial charge in [-0.3, -0.25) is 4.84 Å². The zero-order valence-corrected chi connectivity index (χ0v) is 18.5. The van der Waals surface area contributed by atoms with Crippen molar-refractivity contribution < 1.29 is 25.0 Å². The van der Waals surface area contributed by atoms with E-state index in [1.165, 1.54) is 19.3 Å². The number of aldehydes is 1. The van der Waals surface area contributed by atoms with Crippen LogP contribution in [0.4, 0.5) is 0 Å². The van der Waals surface area contributed by atoms with Gasteiger partial charge in [0.15, 0.2) is 0 Å². The van der Waals surface area contributed by atoms with Gasteiger partial charge in [-0.15, -0.1) is 0 Å². The molecule has 0 aromatic heterocycles. The lowest BCUT2D eigenvalue weighted by Crippen LogP contribution is -2.41. The summed E-state index contributed by atoms with van der Waals surface area (Å²) in [6.07, 6.45) is 9.37. The second-order valence-electron chi connectivity index (χ2n) is 9.85. The number of carbonyl (C=O) groups excluding carboxylic acids is 1. The molecule has 3 rings (SSSR count). The van der Waals surface area contributed by atoms with Crippen LogP contribution in [0, 0.1) is 35.5 Å². The van der Waals surface area contributed by atoms with Crippen molar-refractivity contribution in [2.24, 2.45) is 23.7 Å². The van der Waals surface area contributed by atoms with Crippen LogP contribution in [0.1, 0.15) is 71.6 Å². The molecule has 0 radical (unpaired) electrons. The number of rotatable bonds is 6. The Bertz CT molecular complexity index is 619. The number of aliphatic hydroxyl groups excluding tert-OH is 2. The monoisotopic (exact) mass is 421 g/mol. The molecule has 3 unspecified atom stereocenters. The fourth-order valence-corrected chi connectivity index (χ4v) is 5.66. The van der Waals surface area contributed by atoms with E-state index in [0.717, 1.165) is 44.8 Å². The Morgan fingerprint density at radius 3 is 2.57 bits per heavy atom. The van der Waals surface area contributed by atoms with E-state index in [1.807, 2.05) is 6.92 Å². The fourth-order valence-electron chi connectivity index (χ4n) is 5.66. The summed E-state index contributed by atoms with van der Waals surface area (Å²) in [6.45, 7) is 3.89. The van der Waals surface area contributed by atoms with Crippen LogP contribution in [-0.4, -0.2) is 63.7 Å². The first-order valence-electron chi connectivity index (χ1n) is 11.8. The molecule has 0 amide bonds. The average Bonchev–Trinajstić information content (AvgIpc) is 3.11. The standard InChI is InChI=1S/C24H39NO5/c1-17(28)23-21(15-26)25(30-22(23)16-27)14-19-8-6-7-18(13-19)11-12-24(2,29)20-9-4-3-5-10-20/h15,17-23,27-29H,3-10,13-14,16H2,1-2H3/t17-,18?,19?,21+,22-,23-,24?/m1/s1. The third kappa shape index (κ3) is 5.63. The van der Waals surface area contributed by atoms with Crippen LogP contribution in [0.15, 0.2) is 0 Å². The van der Waals surface area contributed by atoms with Crippen LogP contribution in [0.5, 0.6) is 0 Å². The number of carbonyl (C=O) groups is 1. The minimum Gasteiger partial charge on any atom is -0.394 e. The van der Waals surface area contributed by atoms with Crippen molar-refractivity contribution in [3.8, 4) is 11.8 Å². The van der Waals surface area contributed by atoms with Crippen molar-refractivity contribution in [1.29, 1.82) is 0 Å². The van der Waals surface area contributed by atoms with Gasteiger partial charge in [0.05, 0.1) is 18.8 Å². The summed E-state index contributed by atoms with van der Waals surface area (Å²) in [5.74, 6) is 7.03. The normalized spacial score (nSPS) is 36.5. The summed E-state index contributed by atoms with van der Waals surface area (Å²) in [6, 6.07) is -0.541. The quantitative estimate of drug-likeness (QED) is 0.450. The number of nitrogens with zero attached hydrogens (tertiary/aromatic N) is 1. The highest BCUT2D eigenvalue weighted by Gasteiger charge is 2.46. The first kappa shape index (κ1) is 23.7. The topological polar surface area (TPSA) is 90.2 Å². The lowest BCUT2D eigenvalue weighted by Gasteiger charge is -2.33. The Labute approximate surface area is 180 Å². The van der Waals surface area contributed by atoms with Crippen LogP contribution in [0.2, 0.25) is 0 Å². The molecule has 6 nitrogen and oxygen atoms in total. The Morgan fingerprint density at radius 1 is 1.20 bits per heavy atom. The maximum absolute atomic E-state index is 11.7. The van der Waals surface area contributed by atoms with Gasteiger partial charge in [-0.2, -0.15) is 5.06 Å². The molecule has 3 fully saturated rings. The molecule has 7 atom stereocenters. The Balaban J connectivity index is 1.59. The van der Waals surface area contributed by atoms with Crippen molar-refractivity contribution in [3.05, 3.63) is 0 Å². The molecule has 0 aromatic carbocycles. The van der Waals surface area contributed by atoms with Gasteiger partial charge in [0.25, 0.3) is 0 Å². The zero-order valence-electron chi connectivity index (χ0n) is 18.5. The Kier molecular flexibility index (Phi) is 8.34. The molecular formula is C24H39NO5. The van der Waals surface area contributed by atoms with Crippen molar-refractivity contribution in [2.75, 3.05) is 13.2 Å². The molecule has 3 N–H and O–H groups in total. The van der Waals surface area contributed by atoms with Gasteiger partial charge in [-0.05, 0) is 57.8 Å². The largest absolute Gasteiger partial charge is 0.394 e. The third-order valence-electron chi connectivity index (χ3n) is 7.45. The average molecular weight is 422 g/mol. The van der Waals surface area contributed by atoms with E-state index in [4.69, 9.17) is 4.84 Å². The molecule has 0 spiro atoms. The maximum atomic E-state index is 11.7. The minimum absolute atomic E-state index is 0.217. The van der Waals surface area contributed by atoms with Crippen LogP contribution in [0.3, 0.4) is 0 Å². The van der Waals surface area contributed by atoms with Crippen LogP contribution < -0.4 is 0 Å². The molecule has 0 bridgehead atoms. The van der Waals surface area contributed by atoms with Crippen LogP contribution >= 0.6 is 0 Å². The van der Waals surface area contributed by atoms with Gasteiger partial charge >= 0.3 is 0 Å². The molecule has 6 heteroatoms. The number of hydroxylamine groups is 2. The Hall–Kier alpha value is -0.970. The van der Waals surface area contributed by atoms with Crippen LogP contribution in [0.25, 0.3) is 0 Å². The number of aliphatic hydroxyl groups is 3. The van der Waals surface area contributed by atoms with E-state index in [-0.39, 0.29) is 18.4 Å². The smallest absolute Gasteiger partial charge is 0.139 e. The number of hydrogen-bond acceptors (Lipinski definition) is 6. The van der Waals surface area contributed by atoms with Crippen molar-refractivity contribution in [3.63, 3.8) is 0 Å². The second kappa shape index (κ2) is 10.6. The Morgan fingerprint density at radius 2 is 1.93 bits per heavy atom. The molecular weight excluding hydrogens is 382 g/mol. The molecule has 3 aliphatic rings. The molecule has 1 heterocycles. The van der Waals surface area contributed by atoms with Crippen LogP contribution in [-0.2, 0) is 9.63 Å². The van der Waals surface area contributed by atoms with Gasteiger partial charge in [0.2, 0.25) is 0 Å². The fraction of sp³-hybridized carbons (Fsp3) is 0.875. The van der Waals surface area contributed by atoms with Crippen molar-refractivity contribution in [1.82, 2.24) is 5.06 Å². The van der Waals surface area contributed by atoms with Gasteiger partial charge in [-0.1, -0.05) is 37.5 Å². The van der Waals surface area contributed by atoms with Crippen molar-refractivity contribution >= 4 is 6.29 Å². The van der Waals surface area contributed by atoms with Crippen molar-refractivity contribution in [2.45, 2.75) is 95.5 Å². The first-order chi connectivity index (χ1) is 14.4. The SMILES string of the molecule is C[C@@H](O)[C@H]1[C@@H](CO)ON(CC2CCCC(C#CC(C)(O)C3CCCCC3)C2)[C@H]1C=O. The van der Waals surface area contributed by atoms with Gasteiger partial charge in [0.1, 0.15) is 18.0 Å². The number of hydrogen-bond donors (Lipinski definition) is 3. The van der Waals surface area contributed by atoms with E-state index >= 15 is 0 Å². The molecule has 2 saturated carbocycles. The van der Waals surface area contributed by atoms with Gasteiger partial charge < -0.3 is 20.1 Å². The lowest BCUT2D eigenvalue weighted by molar-refractivity contribution is -0.179. The second-order valence-corrected chi connectivity index (χ2v) is 9.85. The summed E-state index contributed by atoms with van der Waals surface area (Å²) in [5.41, 5.74) is -0.910. The lowest BCUT2D eigenvalue weighted by atomic mass is 9.77. The summed E-state index contributed by atoms with van der Waals surface area (Å²) in [4.78, 5) is 17.5. The van der Waals surface area contributed by atoms with E-state index < -0.39 is 29.8 Å². The van der Waals surface area contributed by atoms with Gasteiger partial charge in [0, 0.05) is 18.4 Å².